The predicted molar refractivity (Wildman–Crippen MR) is 83.4 cm³/mol. The van der Waals surface area contributed by atoms with E-state index in [2.05, 4.69) is 21.0 Å². The second-order valence-corrected chi connectivity index (χ2v) is 5.62. The molecular formula is C16H12BrFN2O2. The molecule has 2 aromatic rings. The minimum Gasteiger partial charge on any atom is -0.446 e. The number of nitrogens with zero attached hydrogens (tertiary/aromatic N) is 2. The van der Waals surface area contributed by atoms with E-state index >= 15 is 0 Å². The molecule has 6 heteroatoms. The second-order valence-electron chi connectivity index (χ2n) is 4.77. The summed E-state index contributed by atoms with van der Waals surface area (Å²) < 4.78 is 19.7. The van der Waals surface area contributed by atoms with Gasteiger partial charge in [0.1, 0.15) is 5.82 Å². The van der Waals surface area contributed by atoms with E-state index in [4.69, 9.17) is 4.74 Å². The normalized spacial score (nSPS) is 17.1. The lowest BCUT2D eigenvalue weighted by Crippen LogP contribution is -2.25. The summed E-state index contributed by atoms with van der Waals surface area (Å²) in [6.45, 7) is 1.42. The van der Waals surface area contributed by atoms with Gasteiger partial charge in [-0.25, -0.2) is 4.39 Å². The van der Waals surface area contributed by atoms with Crippen molar-refractivity contribution in [2.24, 2.45) is 5.10 Å². The Balaban J connectivity index is 1.96. The first-order valence-electron chi connectivity index (χ1n) is 6.61. The van der Waals surface area contributed by atoms with Crippen LogP contribution in [0.15, 0.2) is 58.1 Å². The maximum atomic E-state index is 13.0. The summed E-state index contributed by atoms with van der Waals surface area (Å²) in [5.74, 6) is -0.290. The quantitative estimate of drug-likeness (QED) is 0.814. The molecule has 3 rings (SSSR count). The fraction of sp³-hybridized carbons (Fsp3) is 0.125. The van der Waals surface area contributed by atoms with E-state index in [-0.39, 0.29) is 17.6 Å². The van der Waals surface area contributed by atoms with Crippen molar-refractivity contribution in [2.45, 2.75) is 13.2 Å². The minimum atomic E-state index is -0.645. The third-order valence-corrected chi connectivity index (χ3v) is 3.95. The fourth-order valence-corrected chi connectivity index (χ4v) is 2.63. The van der Waals surface area contributed by atoms with Crippen LogP contribution in [-0.4, -0.2) is 16.8 Å². The summed E-state index contributed by atoms with van der Waals surface area (Å²) in [5, 5.41) is 5.50. The van der Waals surface area contributed by atoms with Gasteiger partial charge in [0.25, 0.3) is 0 Å². The monoisotopic (exact) mass is 362 g/mol. The zero-order valence-electron chi connectivity index (χ0n) is 11.7. The molecule has 0 fully saturated rings. The van der Waals surface area contributed by atoms with E-state index in [0.29, 0.717) is 5.56 Å². The summed E-state index contributed by atoms with van der Waals surface area (Å²) in [6.07, 6.45) is -0.645. The summed E-state index contributed by atoms with van der Waals surface area (Å²) in [5.41, 5.74) is 1.40. The topological polar surface area (TPSA) is 41.9 Å². The van der Waals surface area contributed by atoms with Crippen LogP contribution in [0.1, 0.15) is 24.3 Å². The Hall–Kier alpha value is -2.21. The lowest BCUT2D eigenvalue weighted by Gasteiger charge is -2.20. The molecule has 1 aliphatic rings. The van der Waals surface area contributed by atoms with E-state index in [1.54, 1.807) is 12.1 Å². The molecule has 22 heavy (non-hydrogen) atoms. The van der Waals surface area contributed by atoms with Gasteiger partial charge in [-0.15, -0.1) is 5.10 Å². The largest absolute Gasteiger partial charge is 0.446 e. The van der Waals surface area contributed by atoms with Crippen molar-refractivity contribution in [2.75, 3.05) is 0 Å². The number of benzene rings is 2. The van der Waals surface area contributed by atoms with E-state index in [1.807, 2.05) is 24.3 Å². The number of halogens is 2. The zero-order valence-corrected chi connectivity index (χ0v) is 13.2. The molecular weight excluding hydrogens is 351 g/mol. The van der Waals surface area contributed by atoms with Gasteiger partial charge in [-0.05, 0) is 30.3 Å². The van der Waals surface area contributed by atoms with E-state index in [0.717, 1.165) is 10.0 Å². The maximum Gasteiger partial charge on any atom is 0.243 e. The molecule has 1 atom stereocenters. The molecule has 0 spiro atoms. The standard InChI is InChI=1S/C16H12BrFN2O2/c1-10(21)20-16(13-4-2-3-5-14(13)17)22-15(19-20)11-6-8-12(18)9-7-11/h2-9,16H,1H3/t16-/m0/s1. The molecule has 0 unspecified atom stereocenters. The molecule has 2 aromatic carbocycles. The number of carbonyl (C=O) groups excluding carboxylic acids is 1. The first-order chi connectivity index (χ1) is 10.6. The molecule has 0 aromatic heterocycles. The molecule has 0 saturated carbocycles. The van der Waals surface area contributed by atoms with Crippen LogP contribution in [0.3, 0.4) is 0 Å². The summed E-state index contributed by atoms with van der Waals surface area (Å²) >= 11 is 3.45. The number of rotatable bonds is 2. The van der Waals surface area contributed by atoms with E-state index in [1.165, 1.54) is 24.1 Å². The average Bonchev–Trinajstić information content (AvgIpc) is 2.93. The number of hydrogen-bond acceptors (Lipinski definition) is 3. The van der Waals surface area contributed by atoms with Crippen LogP contribution < -0.4 is 0 Å². The smallest absolute Gasteiger partial charge is 0.243 e. The molecule has 4 nitrogen and oxygen atoms in total. The third-order valence-electron chi connectivity index (χ3n) is 3.23. The Kier molecular flexibility index (Phi) is 3.94. The van der Waals surface area contributed by atoms with Crippen LogP contribution in [0.2, 0.25) is 0 Å². The molecule has 0 radical (unpaired) electrons. The van der Waals surface area contributed by atoms with Gasteiger partial charge in [0.05, 0.1) is 0 Å². The SMILES string of the molecule is CC(=O)N1N=C(c2ccc(F)cc2)O[C@H]1c1ccccc1Br. The van der Waals surface area contributed by atoms with Crippen LogP contribution in [0.5, 0.6) is 0 Å². The zero-order chi connectivity index (χ0) is 15.7. The van der Waals surface area contributed by atoms with Gasteiger partial charge in [-0.1, -0.05) is 34.1 Å². The molecule has 1 heterocycles. The van der Waals surface area contributed by atoms with Crippen LogP contribution in [-0.2, 0) is 9.53 Å². The lowest BCUT2D eigenvalue weighted by atomic mass is 10.2. The Morgan fingerprint density at radius 2 is 1.91 bits per heavy atom. The fourth-order valence-electron chi connectivity index (χ4n) is 2.15. The summed E-state index contributed by atoms with van der Waals surface area (Å²) in [4.78, 5) is 11.8. The second kappa shape index (κ2) is 5.88. The Bertz CT molecular complexity index is 746. The Labute approximate surface area is 135 Å². The van der Waals surface area contributed by atoms with Crippen LogP contribution in [0.25, 0.3) is 0 Å². The van der Waals surface area contributed by atoms with Gasteiger partial charge in [-0.3, -0.25) is 4.79 Å². The van der Waals surface area contributed by atoms with Crippen molar-refractivity contribution in [1.82, 2.24) is 5.01 Å². The minimum absolute atomic E-state index is 0.238. The summed E-state index contributed by atoms with van der Waals surface area (Å²) in [7, 11) is 0. The average molecular weight is 363 g/mol. The highest BCUT2D eigenvalue weighted by molar-refractivity contribution is 9.10. The van der Waals surface area contributed by atoms with Gasteiger partial charge >= 0.3 is 0 Å². The van der Waals surface area contributed by atoms with Gasteiger partial charge < -0.3 is 4.74 Å². The molecule has 0 bridgehead atoms. The van der Waals surface area contributed by atoms with Crippen molar-refractivity contribution < 1.29 is 13.9 Å². The molecule has 112 valence electrons. The van der Waals surface area contributed by atoms with E-state index in [9.17, 15) is 9.18 Å². The van der Waals surface area contributed by atoms with Crippen LogP contribution in [0, 0.1) is 5.82 Å². The molecule has 0 aliphatic carbocycles. The van der Waals surface area contributed by atoms with Crippen molar-refractivity contribution in [1.29, 1.82) is 0 Å². The van der Waals surface area contributed by atoms with Crippen LogP contribution in [0.4, 0.5) is 4.39 Å². The first kappa shape index (κ1) is 14.7. The van der Waals surface area contributed by atoms with Gasteiger partial charge in [0.15, 0.2) is 0 Å². The number of amides is 1. The number of hydrazone groups is 1. The van der Waals surface area contributed by atoms with Crippen molar-refractivity contribution >= 4 is 27.7 Å². The Morgan fingerprint density at radius 1 is 1.23 bits per heavy atom. The highest BCUT2D eigenvalue weighted by Crippen LogP contribution is 2.34. The van der Waals surface area contributed by atoms with Crippen molar-refractivity contribution in [3.8, 4) is 0 Å². The Morgan fingerprint density at radius 3 is 2.55 bits per heavy atom. The molecule has 0 saturated heterocycles. The van der Waals surface area contributed by atoms with Gasteiger partial charge in [0.2, 0.25) is 18.0 Å². The van der Waals surface area contributed by atoms with Crippen molar-refractivity contribution in [3.05, 3.63) is 69.9 Å². The van der Waals surface area contributed by atoms with Gasteiger partial charge in [0, 0.05) is 22.5 Å². The third kappa shape index (κ3) is 2.74. The predicted octanol–water partition coefficient (Wildman–Crippen LogP) is 3.83. The maximum absolute atomic E-state index is 13.0. The number of carbonyl (C=O) groups is 1. The lowest BCUT2D eigenvalue weighted by molar-refractivity contribution is -0.135. The highest BCUT2D eigenvalue weighted by atomic mass is 79.9. The summed E-state index contributed by atoms with van der Waals surface area (Å²) in [6, 6.07) is 13.2. The molecule has 0 N–H and O–H groups in total. The van der Waals surface area contributed by atoms with Gasteiger partial charge in [-0.2, -0.15) is 5.01 Å². The van der Waals surface area contributed by atoms with E-state index < -0.39 is 6.23 Å². The first-order valence-corrected chi connectivity index (χ1v) is 7.41. The van der Waals surface area contributed by atoms with Crippen LogP contribution >= 0.6 is 15.9 Å². The number of hydrogen-bond donors (Lipinski definition) is 0. The highest BCUT2D eigenvalue weighted by Gasteiger charge is 2.34. The number of ether oxygens (including phenoxy) is 1. The van der Waals surface area contributed by atoms with Crippen molar-refractivity contribution in [3.63, 3.8) is 0 Å². The molecule has 1 aliphatic heterocycles. The molecule has 1 amide bonds.